The highest BCUT2D eigenvalue weighted by Gasteiger charge is 2.20. The molecule has 3 heterocycles. The minimum Gasteiger partial charge on any atom is -0.354 e. The zero-order valence-electron chi connectivity index (χ0n) is 16.0. The summed E-state index contributed by atoms with van der Waals surface area (Å²) in [5.41, 5.74) is 4.77. The maximum Gasteiger partial charge on any atom is 0.241 e. The molecule has 27 heavy (non-hydrogen) atoms. The summed E-state index contributed by atoms with van der Waals surface area (Å²) in [5.74, 6) is 1.26. The summed E-state index contributed by atoms with van der Waals surface area (Å²) >= 11 is 0. The normalized spacial score (nSPS) is 19.1. The van der Waals surface area contributed by atoms with E-state index in [4.69, 9.17) is 0 Å². The lowest BCUT2D eigenvalue weighted by molar-refractivity contribution is -0.121. The topological polar surface area (TPSA) is 84.7 Å². The summed E-state index contributed by atoms with van der Waals surface area (Å²) in [7, 11) is 0. The molecular weight excluding hydrogens is 340 g/mol. The monoisotopic (exact) mass is 368 g/mol. The van der Waals surface area contributed by atoms with Gasteiger partial charge in [-0.1, -0.05) is 0 Å². The van der Waals surface area contributed by atoms with Gasteiger partial charge in [-0.3, -0.25) is 9.48 Å². The third kappa shape index (κ3) is 4.18. The Morgan fingerprint density at radius 3 is 3.11 bits per heavy atom. The lowest BCUT2D eigenvalue weighted by Crippen LogP contribution is -2.33. The van der Waals surface area contributed by atoms with Gasteiger partial charge in [-0.2, -0.15) is 5.10 Å². The molecule has 2 aromatic rings. The number of hydrogen-bond acceptors (Lipinski definition) is 5. The number of carbonyl (C=O) groups is 1. The quantitative estimate of drug-likeness (QED) is 0.803. The van der Waals surface area contributed by atoms with Crippen molar-refractivity contribution in [2.75, 3.05) is 19.6 Å². The fourth-order valence-corrected chi connectivity index (χ4v) is 4.23. The molecule has 7 nitrogen and oxygen atoms in total. The summed E-state index contributed by atoms with van der Waals surface area (Å²) < 4.78 is 1.84. The molecule has 0 bridgehead atoms. The maximum atomic E-state index is 12.4. The minimum atomic E-state index is -0.0124. The zero-order valence-corrected chi connectivity index (χ0v) is 16.0. The van der Waals surface area contributed by atoms with Crippen LogP contribution < -0.4 is 10.6 Å². The number of amides is 1. The number of piperidine rings is 1. The molecule has 144 valence electrons. The molecule has 1 atom stereocenters. The van der Waals surface area contributed by atoms with E-state index in [9.17, 15) is 4.79 Å². The van der Waals surface area contributed by atoms with Crippen LogP contribution in [0.2, 0.25) is 0 Å². The Kier molecular flexibility index (Phi) is 5.48. The van der Waals surface area contributed by atoms with Crippen molar-refractivity contribution in [1.82, 2.24) is 30.4 Å². The van der Waals surface area contributed by atoms with Gasteiger partial charge in [-0.15, -0.1) is 0 Å². The number of rotatable bonds is 6. The average molecular weight is 368 g/mol. The van der Waals surface area contributed by atoms with Gasteiger partial charge in [0.25, 0.3) is 0 Å². The van der Waals surface area contributed by atoms with Crippen LogP contribution in [-0.2, 0) is 30.6 Å². The van der Waals surface area contributed by atoms with Gasteiger partial charge in [0.05, 0.1) is 0 Å². The van der Waals surface area contributed by atoms with Gasteiger partial charge in [-0.25, -0.2) is 9.97 Å². The Morgan fingerprint density at radius 1 is 1.33 bits per heavy atom. The first kappa shape index (κ1) is 18.1. The number of carbonyl (C=O) groups excluding carboxylic acids is 1. The van der Waals surface area contributed by atoms with Crippen LogP contribution in [0.5, 0.6) is 0 Å². The van der Waals surface area contributed by atoms with Crippen LogP contribution >= 0.6 is 0 Å². The van der Waals surface area contributed by atoms with E-state index in [1.54, 1.807) is 6.20 Å². The van der Waals surface area contributed by atoms with E-state index in [1.165, 1.54) is 24.1 Å². The number of fused-ring (bicyclic) bond motifs is 1. The SMILES string of the molecule is Cc1nc(CCNC(=O)Cn2nccc2[C@H]2CCCNC2)nc2c1CCC2. The molecule has 4 rings (SSSR count). The summed E-state index contributed by atoms with van der Waals surface area (Å²) in [6, 6.07) is 2.03. The molecule has 2 aromatic heterocycles. The molecule has 0 aromatic carbocycles. The van der Waals surface area contributed by atoms with Gasteiger partial charge in [0.1, 0.15) is 12.4 Å². The lowest BCUT2D eigenvalue weighted by Gasteiger charge is -2.23. The Balaban J connectivity index is 1.29. The van der Waals surface area contributed by atoms with Crippen molar-refractivity contribution in [1.29, 1.82) is 0 Å². The van der Waals surface area contributed by atoms with Crippen molar-refractivity contribution in [2.45, 2.75) is 57.9 Å². The summed E-state index contributed by atoms with van der Waals surface area (Å²) in [6.45, 7) is 4.92. The molecule has 0 radical (unpaired) electrons. The van der Waals surface area contributed by atoms with Gasteiger partial charge in [0.2, 0.25) is 5.91 Å². The predicted molar refractivity (Wildman–Crippen MR) is 103 cm³/mol. The number of nitrogens with zero attached hydrogens (tertiary/aromatic N) is 4. The highest BCUT2D eigenvalue weighted by molar-refractivity contribution is 5.75. The van der Waals surface area contributed by atoms with E-state index < -0.39 is 0 Å². The smallest absolute Gasteiger partial charge is 0.241 e. The Morgan fingerprint density at radius 2 is 2.26 bits per heavy atom. The van der Waals surface area contributed by atoms with Crippen molar-refractivity contribution in [3.63, 3.8) is 0 Å². The molecule has 1 saturated heterocycles. The second kappa shape index (κ2) is 8.17. The Labute approximate surface area is 160 Å². The standard InChI is InChI=1S/C20H28N6O/c1-14-16-5-2-6-17(16)25-19(24-14)8-10-22-20(27)13-26-18(7-11-23-26)15-4-3-9-21-12-15/h7,11,15,21H,2-6,8-10,12-13H2,1H3,(H,22,27)/t15-/m0/s1. The first-order valence-corrected chi connectivity index (χ1v) is 10.0. The molecule has 0 spiro atoms. The van der Waals surface area contributed by atoms with Crippen molar-refractivity contribution in [3.8, 4) is 0 Å². The van der Waals surface area contributed by atoms with Gasteiger partial charge < -0.3 is 10.6 Å². The van der Waals surface area contributed by atoms with Crippen LogP contribution in [0.4, 0.5) is 0 Å². The van der Waals surface area contributed by atoms with E-state index in [1.807, 2.05) is 10.7 Å². The molecule has 2 N–H and O–H groups in total. The maximum absolute atomic E-state index is 12.4. The van der Waals surface area contributed by atoms with Gasteiger partial charge in [-0.05, 0) is 57.2 Å². The van der Waals surface area contributed by atoms with Crippen molar-refractivity contribution < 1.29 is 4.79 Å². The van der Waals surface area contributed by atoms with Crippen molar-refractivity contribution in [3.05, 3.63) is 40.7 Å². The second-order valence-electron chi connectivity index (χ2n) is 7.56. The Bertz CT molecular complexity index is 809. The highest BCUT2D eigenvalue weighted by Crippen LogP contribution is 2.23. The van der Waals surface area contributed by atoms with Crippen LogP contribution in [-0.4, -0.2) is 45.3 Å². The van der Waals surface area contributed by atoms with Crippen LogP contribution in [0.1, 0.15) is 53.7 Å². The first-order chi connectivity index (χ1) is 13.2. The molecule has 1 fully saturated rings. The lowest BCUT2D eigenvalue weighted by atomic mass is 9.96. The number of aryl methyl sites for hydroxylation is 2. The minimum absolute atomic E-state index is 0.0124. The fraction of sp³-hybridized carbons (Fsp3) is 0.600. The third-order valence-electron chi connectivity index (χ3n) is 5.61. The molecular formula is C20H28N6O. The second-order valence-corrected chi connectivity index (χ2v) is 7.56. The summed E-state index contributed by atoms with van der Waals surface area (Å²) in [4.78, 5) is 21.6. The van der Waals surface area contributed by atoms with E-state index in [0.717, 1.165) is 49.6 Å². The molecule has 0 unspecified atom stereocenters. The number of nitrogens with one attached hydrogen (secondary N) is 2. The Hall–Kier alpha value is -2.28. The summed E-state index contributed by atoms with van der Waals surface area (Å²) in [5, 5.41) is 10.8. The molecule has 1 aliphatic heterocycles. The molecule has 1 aliphatic carbocycles. The largest absolute Gasteiger partial charge is 0.354 e. The zero-order chi connectivity index (χ0) is 18.6. The first-order valence-electron chi connectivity index (χ1n) is 10.0. The average Bonchev–Trinajstić information content (AvgIpc) is 3.32. The van der Waals surface area contributed by atoms with Crippen LogP contribution in [0.15, 0.2) is 12.3 Å². The van der Waals surface area contributed by atoms with Crippen LogP contribution in [0, 0.1) is 6.92 Å². The van der Waals surface area contributed by atoms with Crippen molar-refractivity contribution in [2.24, 2.45) is 0 Å². The molecule has 1 amide bonds. The van der Waals surface area contributed by atoms with E-state index in [2.05, 4.69) is 32.6 Å². The number of hydrogen-bond donors (Lipinski definition) is 2. The van der Waals surface area contributed by atoms with Gasteiger partial charge >= 0.3 is 0 Å². The fourth-order valence-electron chi connectivity index (χ4n) is 4.23. The molecule has 2 aliphatic rings. The van der Waals surface area contributed by atoms with Gasteiger partial charge in [0.15, 0.2) is 0 Å². The van der Waals surface area contributed by atoms with E-state index in [0.29, 0.717) is 18.9 Å². The van der Waals surface area contributed by atoms with E-state index >= 15 is 0 Å². The highest BCUT2D eigenvalue weighted by atomic mass is 16.2. The predicted octanol–water partition coefficient (Wildman–Crippen LogP) is 1.30. The molecule has 7 heteroatoms. The van der Waals surface area contributed by atoms with Gasteiger partial charge in [0, 0.05) is 48.7 Å². The third-order valence-corrected chi connectivity index (χ3v) is 5.61. The van der Waals surface area contributed by atoms with Crippen molar-refractivity contribution >= 4 is 5.91 Å². The number of aromatic nitrogens is 4. The van der Waals surface area contributed by atoms with Crippen LogP contribution in [0.3, 0.4) is 0 Å². The van der Waals surface area contributed by atoms with Crippen LogP contribution in [0.25, 0.3) is 0 Å². The van der Waals surface area contributed by atoms with E-state index in [-0.39, 0.29) is 12.5 Å². The molecule has 0 saturated carbocycles. The summed E-state index contributed by atoms with van der Waals surface area (Å²) in [6.07, 6.45) is 8.10.